The molecule has 0 amide bonds. The fourth-order valence-corrected chi connectivity index (χ4v) is 3.01. The van der Waals surface area contributed by atoms with Crippen LogP contribution in [0.4, 0.5) is 17.6 Å². The van der Waals surface area contributed by atoms with E-state index in [1.54, 1.807) is 19.9 Å². The predicted molar refractivity (Wildman–Crippen MR) is 80.3 cm³/mol. The Kier molecular flexibility index (Phi) is 5.18. The molecule has 0 bridgehead atoms. The molecule has 22 heavy (non-hydrogen) atoms. The highest BCUT2D eigenvalue weighted by Gasteiger charge is 2.36. The molecular formula is C18H24F4. The smallest absolute Gasteiger partial charge is 0.206 e. The van der Waals surface area contributed by atoms with Crippen molar-refractivity contribution < 1.29 is 17.6 Å². The maximum absolute atomic E-state index is 14.0. The molecule has 0 heterocycles. The van der Waals surface area contributed by atoms with Gasteiger partial charge in [0.1, 0.15) is 5.82 Å². The summed E-state index contributed by atoms with van der Waals surface area (Å²) in [6.07, 6.45) is 0.407. The highest BCUT2D eigenvalue weighted by atomic mass is 19.4. The SMILES string of the molecule is CC(C)c1cc(CCC[C@@H](C)C2CC2)cc(C(F)(F)F)c1F. The van der Waals surface area contributed by atoms with E-state index in [0.717, 1.165) is 24.8 Å². The van der Waals surface area contributed by atoms with Crippen molar-refractivity contribution in [1.29, 1.82) is 0 Å². The number of rotatable bonds is 6. The molecule has 0 aromatic heterocycles. The van der Waals surface area contributed by atoms with E-state index in [2.05, 4.69) is 6.92 Å². The molecule has 0 nitrogen and oxygen atoms in total. The van der Waals surface area contributed by atoms with Gasteiger partial charge in [0.25, 0.3) is 0 Å². The van der Waals surface area contributed by atoms with Crippen molar-refractivity contribution in [1.82, 2.24) is 0 Å². The maximum atomic E-state index is 14.0. The summed E-state index contributed by atoms with van der Waals surface area (Å²) >= 11 is 0. The molecule has 1 saturated carbocycles. The molecule has 1 aromatic carbocycles. The molecule has 1 fully saturated rings. The summed E-state index contributed by atoms with van der Waals surface area (Å²) in [6.45, 7) is 5.65. The number of aryl methyl sites for hydroxylation is 1. The van der Waals surface area contributed by atoms with Crippen molar-refractivity contribution in [2.45, 2.75) is 65.0 Å². The van der Waals surface area contributed by atoms with Gasteiger partial charge in [-0.1, -0.05) is 33.3 Å². The minimum atomic E-state index is -4.63. The average molecular weight is 316 g/mol. The van der Waals surface area contributed by atoms with Crippen LogP contribution in [0.25, 0.3) is 0 Å². The molecule has 1 atom stereocenters. The molecule has 124 valence electrons. The monoisotopic (exact) mass is 316 g/mol. The van der Waals surface area contributed by atoms with E-state index in [4.69, 9.17) is 0 Å². The lowest BCUT2D eigenvalue weighted by Crippen LogP contribution is -2.12. The van der Waals surface area contributed by atoms with Crippen LogP contribution in [-0.4, -0.2) is 0 Å². The van der Waals surface area contributed by atoms with Crippen LogP contribution >= 0.6 is 0 Å². The van der Waals surface area contributed by atoms with Gasteiger partial charge in [0.05, 0.1) is 5.56 Å². The lowest BCUT2D eigenvalue weighted by atomic mass is 9.92. The Labute approximate surface area is 129 Å². The van der Waals surface area contributed by atoms with E-state index < -0.39 is 17.6 Å². The van der Waals surface area contributed by atoms with Gasteiger partial charge in [0.15, 0.2) is 0 Å². The van der Waals surface area contributed by atoms with Crippen LogP contribution in [0.1, 0.15) is 69.1 Å². The van der Waals surface area contributed by atoms with Crippen LogP contribution in [0.3, 0.4) is 0 Å². The molecule has 0 aliphatic heterocycles. The first kappa shape index (κ1) is 17.3. The first-order chi connectivity index (χ1) is 10.2. The topological polar surface area (TPSA) is 0 Å². The zero-order valence-corrected chi connectivity index (χ0v) is 13.4. The van der Waals surface area contributed by atoms with Crippen LogP contribution in [0.5, 0.6) is 0 Å². The predicted octanol–water partition coefficient (Wildman–Crippen LogP) is 6.34. The highest BCUT2D eigenvalue weighted by Crippen LogP contribution is 2.39. The van der Waals surface area contributed by atoms with Gasteiger partial charge in [-0.15, -0.1) is 0 Å². The van der Waals surface area contributed by atoms with E-state index in [1.165, 1.54) is 12.8 Å². The van der Waals surface area contributed by atoms with Crippen molar-refractivity contribution in [2.24, 2.45) is 11.8 Å². The largest absolute Gasteiger partial charge is 0.419 e. The van der Waals surface area contributed by atoms with Crippen molar-refractivity contribution >= 4 is 0 Å². The fourth-order valence-electron chi connectivity index (χ4n) is 3.01. The Bertz CT molecular complexity index is 513. The third-order valence-electron chi connectivity index (χ3n) is 4.64. The summed E-state index contributed by atoms with van der Waals surface area (Å²) in [5, 5.41) is 0. The van der Waals surface area contributed by atoms with Gasteiger partial charge in [0.2, 0.25) is 0 Å². The van der Waals surface area contributed by atoms with E-state index in [-0.39, 0.29) is 11.5 Å². The van der Waals surface area contributed by atoms with Gasteiger partial charge in [-0.05, 0) is 60.6 Å². The summed E-state index contributed by atoms with van der Waals surface area (Å²) in [5.41, 5.74) is -0.357. The second-order valence-corrected chi connectivity index (χ2v) is 6.91. The number of hydrogen-bond donors (Lipinski definition) is 0. The summed E-state index contributed by atoms with van der Waals surface area (Å²) < 4.78 is 53.0. The average Bonchev–Trinajstić information content (AvgIpc) is 3.22. The molecule has 4 heteroatoms. The lowest BCUT2D eigenvalue weighted by Gasteiger charge is -2.17. The third-order valence-corrected chi connectivity index (χ3v) is 4.64. The first-order valence-electron chi connectivity index (χ1n) is 8.09. The Morgan fingerprint density at radius 1 is 1.14 bits per heavy atom. The van der Waals surface area contributed by atoms with E-state index in [9.17, 15) is 17.6 Å². The first-order valence-corrected chi connectivity index (χ1v) is 8.09. The van der Waals surface area contributed by atoms with Crippen LogP contribution in [-0.2, 0) is 12.6 Å². The summed E-state index contributed by atoms with van der Waals surface area (Å²) in [7, 11) is 0. The van der Waals surface area contributed by atoms with Gasteiger partial charge in [-0.3, -0.25) is 0 Å². The molecule has 1 aliphatic carbocycles. The highest BCUT2D eigenvalue weighted by molar-refractivity contribution is 5.35. The Morgan fingerprint density at radius 2 is 1.77 bits per heavy atom. The number of alkyl halides is 3. The lowest BCUT2D eigenvalue weighted by molar-refractivity contribution is -0.140. The van der Waals surface area contributed by atoms with Crippen LogP contribution in [0.15, 0.2) is 12.1 Å². The second kappa shape index (κ2) is 6.59. The Morgan fingerprint density at radius 3 is 2.27 bits per heavy atom. The zero-order chi connectivity index (χ0) is 16.5. The van der Waals surface area contributed by atoms with Gasteiger partial charge in [0, 0.05) is 0 Å². The second-order valence-electron chi connectivity index (χ2n) is 6.91. The molecule has 0 saturated heterocycles. The molecule has 2 rings (SSSR count). The maximum Gasteiger partial charge on any atom is 0.419 e. The van der Waals surface area contributed by atoms with Gasteiger partial charge >= 0.3 is 6.18 Å². The minimum Gasteiger partial charge on any atom is -0.206 e. The molecule has 0 radical (unpaired) electrons. The normalized spacial score (nSPS) is 17.1. The number of hydrogen-bond acceptors (Lipinski definition) is 0. The summed E-state index contributed by atoms with van der Waals surface area (Å²) in [4.78, 5) is 0. The van der Waals surface area contributed by atoms with Crippen molar-refractivity contribution in [3.63, 3.8) is 0 Å². The molecule has 1 aromatic rings. The fraction of sp³-hybridized carbons (Fsp3) is 0.667. The van der Waals surface area contributed by atoms with Crippen LogP contribution < -0.4 is 0 Å². The molecule has 1 aliphatic rings. The van der Waals surface area contributed by atoms with E-state index in [0.29, 0.717) is 17.9 Å². The van der Waals surface area contributed by atoms with Gasteiger partial charge < -0.3 is 0 Å². The quantitative estimate of drug-likeness (QED) is 0.537. The van der Waals surface area contributed by atoms with Crippen molar-refractivity contribution in [3.05, 3.63) is 34.6 Å². The Balaban J connectivity index is 2.14. The number of benzene rings is 1. The van der Waals surface area contributed by atoms with Gasteiger partial charge in [-0.25, -0.2) is 4.39 Å². The van der Waals surface area contributed by atoms with Crippen LogP contribution in [0, 0.1) is 17.7 Å². The van der Waals surface area contributed by atoms with E-state index >= 15 is 0 Å². The van der Waals surface area contributed by atoms with Crippen molar-refractivity contribution in [3.8, 4) is 0 Å². The van der Waals surface area contributed by atoms with Crippen molar-refractivity contribution in [2.75, 3.05) is 0 Å². The molecular weight excluding hydrogens is 292 g/mol. The third kappa shape index (κ3) is 4.23. The minimum absolute atomic E-state index is 0.167. The molecule has 0 spiro atoms. The summed E-state index contributed by atoms with van der Waals surface area (Å²) in [5.74, 6) is 0.0846. The summed E-state index contributed by atoms with van der Waals surface area (Å²) in [6, 6.07) is 2.60. The van der Waals surface area contributed by atoms with E-state index in [1.807, 2.05) is 0 Å². The van der Waals surface area contributed by atoms with Crippen LogP contribution in [0.2, 0.25) is 0 Å². The molecule has 0 N–H and O–H groups in total. The van der Waals surface area contributed by atoms with Gasteiger partial charge in [-0.2, -0.15) is 13.2 Å². The Hall–Kier alpha value is -1.06. The standard InChI is InChI=1S/C18H24F4/c1-11(2)15-9-13(6-4-5-12(3)14-7-8-14)10-16(17(15)19)18(20,21)22/h9-12,14H,4-8H2,1-3H3/t12-/m1/s1. The molecule has 0 unspecified atom stereocenters. The number of halogens is 4. The zero-order valence-electron chi connectivity index (χ0n) is 13.4.